The van der Waals surface area contributed by atoms with Gasteiger partial charge in [0.15, 0.2) is 11.6 Å². The fourth-order valence-corrected chi connectivity index (χ4v) is 3.11. The van der Waals surface area contributed by atoms with Crippen LogP contribution in [0.25, 0.3) is 0 Å². The highest BCUT2D eigenvalue weighted by Gasteiger charge is 2.27. The second-order valence-electron chi connectivity index (χ2n) is 6.58. The molecule has 6 nitrogen and oxygen atoms in total. The van der Waals surface area contributed by atoms with Gasteiger partial charge in [0.25, 0.3) is 0 Å². The first-order valence-electron chi connectivity index (χ1n) is 9.13. The van der Waals surface area contributed by atoms with Crippen LogP contribution in [0.1, 0.15) is 18.4 Å². The van der Waals surface area contributed by atoms with E-state index in [1.54, 1.807) is 35.4 Å². The Morgan fingerprint density at radius 1 is 1.36 bits per heavy atom. The molecule has 146 valence electrons. The highest BCUT2D eigenvalue weighted by molar-refractivity contribution is 5.88. The van der Waals surface area contributed by atoms with Crippen molar-refractivity contribution in [3.05, 3.63) is 66.6 Å². The molecule has 1 aliphatic heterocycles. The topological polar surface area (TPSA) is 71.5 Å². The molecule has 2 aromatic rings. The van der Waals surface area contributed by atoms with Gasteiger partial charge in [0, 0.05) is 31.9 Å². The zero-order valence-corrected chi connectivity index (χ0v) is 15.4. The zero-order chi connectivity index (χ0) is 19.9. The predicted octanol–water partition coefficient (Wildman–Crippen LogP) is 3.05. The summed E-state index contributed by atoms with van der Waals surface area (Å²) in [7, 11) is 0. The van der Waals surface area contributed by atoms with E-state index in [4.69, 9.17) is 4.74 Å². The van der Waals surface area contributed by atoms with E-state index in [0.717, 1.165) is 18.4 Å². The maximum absolute atomic E-state index is 13.7. The molecule has 2 heterocycles. The van der Waals surface area contributed by atoms with E-state index in [1.165, 1.54) is 18.2 Å². The van der Waals surface area contributed by atoms with Gasteiger partial charge in [-0.05, 0) is 42.7 Å². The number of pyridine rings is 1. The number of hydrogen-bond donors (Lipinski definition) is 1. The molecule has 7 heteroatoms. The highest BCUT2D eigenvalue weighted by Crippen LogP contribution is 2.23. The van der Waals surface area contributed by atoms with Crippen LogP contribution in [0, 0.1) is 11.7 Å². The molecule has 1 atom stereocenters. The summed E-state index contributed by atoms with van der Waals surface area (Å²) in [6.45, 7) is 4.83. The van der Waals surface area contributed by atoms with E-state index in [9.17, 15) is 14.0 Å². The average molecular weight is 383 g/mol. The summed E-state index contributed by atoms with van der Waals surface area (Å²) in [6.07, 6.45) is 4.34. The molecule has 0 spiro atoms. The van der Waals surface area contributed by atoms with Crippen molar-refractivity contribution in [1.29, 1.82) is 0 Å². The molecule has 2 amide bonds. The molecule has 28 heavy (non-hydrogen) atoms. The molecular weight excluding hydrogens is 361 g/mol. The summed E-state index contributed by atoms with van der Waals surface area (Å²) in [5, 5.41) is 2.89. The van der Waals surface area contributed by atoms with Crippen LogP contribution in [0.2, 0.25) is 0 Å². The number of benzene rings is 1. The van der Waals surface area contributed by atoms with Crippen LogP contribution in [0.4, 0.5) is 4.39 Å². The zero-order valence-electron chi connectivity index (χ0n) is 15.4. The van der Waals surface area contributed by atoms with Crippen LogP contribution in [0.15, 0.2) is 55.3 Å². The molecule has 0 bridgehead atoms. The van der Waals surface area contributed by atoms with Crippen LogP contribution in [-0.4, -0.2) is 34.8 Å². The van der Waals surface area contributed by atoms with Crippen LogP contribution in [0.5, 0.6) is 11.6 Å². The Labute approximate surface area is 163 Å². The van der Waals surface area contributed by atoms with Crippen molar-refractivity contribution in [2.45, 2.75) is 19.4 Å². The first-order valence-corrected chi connectivity index (χ1v) is 9.13. The number of aromatic nitrogens is 1. The summed E-state index contributed by atoms with van der Waals surface area (Å²) in [5.74, 6) is -0.633. The Morgan fingerprint density at radius 3 is 2.96 bits per heavy atom. The van der Waals surface area contributed by atoms with Gasteiger partial charge in [-0.3, -0.25) is 9.59 Å². The van der Waals surface area contributed by atoms with Crippen LogP contribution < -0.4 is 10.1 Å². The number of amides is 2. The normalized spacial score (nSPS) is 16.3. The summed E-state index contributed by atoms with van der Waals surface area (Å²) in [5.41, 5.74) is 0.782. The SMILES string of the molecule is C=CC(=O)N1CCCC(C(=O)NCc2ccnc(Oc3ccccc3F)c2)C1. The summed E-state index contributed by atoms with van der Waals surface area (Å²) in [4.78, 5) is 30.0. The predicted molar refractivity (Wildman–Crippen MR) is 102 cm³/mol. The number of likely N-dealkylation sites (tertiary alicyclic amines) is 1. The van der Waals surface area contributed by atoms with Gasteiger partial charge in [0.2, 0.25) is 17.7 Å². The molecule has 3 rings (SSSR count). The van der Waals surface area contributed by atoms with Crippen molar-refractivity contribution in [2.75, 3.05) is 13.1 Å². The van der Waals surface area contributed by atoms with Gasteiger partial charge in [-0.15, -0.1) is 0 Å². The number of nitrogens with zero attached hydrogens (tertiary/aromatic N) is 2. The third-order valence-corrected chi connectivity index (χ3v) is 4.60. The maximum Gasteiger partial charge on any atom is 0.245 e. The van der Waals surface area contributed by atoms with Crippen molar-refractivity contribution in [3.63, 3.8) is 0 Å². The number of rotatable bonds is 6. The Bertz CT molecular complexity index is 871. The quantitative estimate of drug-likeness (QED) is 0.779. The highest BCUT2D eigenvalue weighted by atomic mass is 19.1. The van der Waals surface area contributed by atoms with E-state index in [0.29, 0.717) is 19.6 Å². The Balaban J connectivity index is 1.57. The number of para-hydroxylation sites is 1. The lowest BCUT2D eigenvalue weighted by Gasteiger charge is -2.31. The lowest BCUT2D eigenvalue weighted by molar-refractivity contribution is -0.132. The molecule has 1 aromatic heterocycles. The summed E-state index contributed by atoms with van der Waals surface area (Å²) < 4.78 is 19.2. The van der Waals surface area contributed by atoms with Crippen molar-refractivity contribution >= 4 is 11.8 Å². The van der Waals surface area contributed by atoms with Gasteiger partial charge < -0.3 is 15.0 Å². The standard InChI is InChI=1S/C21H22FN3O3/c1-2-20(26)25-11-5-6-16(14-25)21(27)24-13-15-9-10-23-19(12-15)28-18-8-4-3-7-17(18)22/h2-4,7-10,12,16H,1,5-6,11,13-14H2,(H,24,27). The van der Waals surface area contributed by atoms with Crippen LogP contribution >= 0.6 is 0 Å². The van der Waals surface area contributed by atoms with Gasteiger partial charge in [-0.25, -0.2) is 9.37 Å². The van der Waals surface area contributed by atoms with Crippen molar-refractivity contribution in [3.8, 4) is 11.6 Å². The lowest BCUT2D eigenvalue weighted by atomic mass is 9.97. The number of carbonyl (C=O) groups is 2. The monoisotopic (exact) mass is 383 g/mol. The maximum atomic E-state index is 13.7. The molecule has 0 aliphatic carbocycles. The van der Waals surface area contributed by atoms with Gasteiger partial charge in [-0.1, -0.05) is 18.7 Å². The average Bonchev–Trinajstić information content (AvgIpc) is 2.73. The van der Waals surface area contributed by atoms with Crippen LogP contribution in [0.3, 0.4) is 0 Å². The first kappa shape index (κ1) is 19.5. The van der Waals surface area contributed by atoms with Crippen LogP contribution in [-0.2, 0) is 16.1 Å². The third kappa shape index (κ3) is 4.94. The van der Waals surface area contributed by atoms with E-state index in [1.807, 2.05) is 0 Å². The second kappa shape index (κ2) is 9.12. The smallest absolute Gasteiger partial charge is 0.245 e. The number of carbonyl (C=O) groups excluding carboxylic acids is 2. The minimum Gasteiger partial charge on any atom is -0.436 e. The first-order chi connectivity index (χ1) is 13.6. The summed E-state index contributed by atoms with van der Waals surface area (Å²) >= 11 is 0. The minimum absolute atomic E-state index is 0.0883. The number of piperidine rings is 1. The number of hydrogen-bond acceptors (Lipinski definition) is 4. The number of halogens is 1. The van der Waals surface area contributed by atoms with Crippen molar-refractivity contribution in [1.82, 2.24) is 15.2 Å². The number of ether oxygens (including phenoxy) is 1. The lowest BCUT2D eigenvalue weighted by Crippen LogP contribution is -2.44. The van der Waals surface area contributed by atoms with E-state index in [2.05, 4.69) is 16.9 Å². The molecule has 0 radical (unpaired) electrons. The molecule has 1 N–H and O–H groups in total. The minimum atomic E-state index is -0.473. The second-order valence-corrected chi connectivity index (χ2v) is 6.58. The molecule has 1 saturated heterocycles. The largest absolute Gasteiger partial charge is 0.436 e. The molecular formula is C21H22FN3O3. The van der Waals surface area contributed by atoms with Gasteiger partial charge in [0.1, 0.15) is 0 Å². The Kier molecular flexibility index (Phi) is 6.37. The van der Waals surface area contributed by atoms with Crippen molar-refractivity contribution in [2.24, 2.45) is 5.92 Å². The Hall–Kier alpha value is -3.22. The van der Waals surface area contributed by atoms with Gasteiger partial charge >= 0.3 is 0 Å². The van der Waals surface area contributed by atoms with Crippen molar-refractivity contribution < 1.29 is 18.7 Å². The van der Waals surface area contributed by atoms with Gasteiger partial charge in [0.05, 0.1) is 5.92 Å². The molecule has 1 fully saturated rings. The molecule has 0 saturated carbocycles. The third-order valence-electron chi connectivity index (χ3n) is 4.60. The number of nitrogens with one attached hydrogen (secondary N) is 1. The molecule has 1 aromatic carbocycles. The Morgan fingerprint density at radius 2 is 2.18 bits per heavy atom. The van der Waals surface area contributed by atoms with E-state index in [-0.39, 0.29) is 29.4 Å². The molecule has 1 unspecified atom stereocenters. The molecule has 1 aliphatic rings. The van der Waals surface area contributed by atoms with Gasteiger partial charge in [-0.2, -0.15) is 0 Å². The van der Waals surface area contributed by atoms with E-state index >= 15 is 0 Å². The summed E-state index contributed by atoms with van der Waals surface area (Å²) in [6, 6.07) is 9.49. The fourth-order valence-electron chi connectivity index (χ4n) is 3.11. The van der Waals surface area contributed by atoms with E-state index < -0.39 is 5.82 Å². The fraction of sp³-hybridized carbons (Fsp3) is 0.286.